The van der Waals surface area contributed by atoms with Crippen LogP contribution in [0, 0.1) is 17.0 Å². The van der Waals surface area contributed by atoms with E-state index in [4.69, 9.17) is 0 Å². The van der Waals surface area contributed by atoms with E-state index in [1.807, 2.05) is 0 Å². The Bertz CT molecular complexity index is 1010. The molecule has 1 saturated heterocycles. The van der Waals surface area contributed by atoms with Crippen molar-refractivity contribution in [2.24, 2.45) is 0 Å². The van der Waals surface area contributed by atoms with Crippen molar-refractivity contribution in [1.29, 1.82) is 0 Å². The minimum atomic E-state index is -3.60. The number of hydrogen-bond acceptors (Lipinski definition) is 5. The first-order valence-corrected chi connectivity index (χ1v) is 10.4. The zero-order valence-electron chi connectivity index (χ0n) is 15.4. The summed E-state index contributed by atoms with van der Waals surface area (Å²) in [6, 6.07) is 10.2. The van der Waals surface area contributed by atoms with Crippen molar-refractivity contribution in [3.63, 3.8) is 0 Å². The Morgan fingerprint density at radius 1 is 1.11 bits per heavy atom. The molecule has 0 radical (unpaired) electrons. The van der Waals surface area contributed by atoms with E-state index in [1.165, 1.54) is 34.6 Å². The number of nitro benzene ring substituents is 1. The number of piperidine rings is 1. The van der Waals surface area contributed by atoms with Gasteiger partial charge in [0.25, 0.3) is 11.6 Å². The van der Waals surface area contributed by atoms with E-state index < -0.39 is 20.9 Å². The molecule has 0 saturated carbocycles. The fourth-order valence-corrected chi connectivity index (χ4v) is 4.76. The summed E-state index contributed by atoms with van der Waals surface area (Å²) in [4.78, 5) is 23.0. The Balaban J connectivity index is 1.80. The van der Waals surface area contributed by atoms with E-state index in [2.05, 4.69) is 5.32 Å². The van der Waals surface area contributed by atoms with Crippen molar-refractivity contribution in [3.8, 4) is 0 Å². The summed E-state index contributed by atoms with van der Waals surface area (Å²) in [5.74, 6) is -0.467. The predicted molar refractivity (Wildman–Crippen MR) is 105 cm³/mol. The van der Waals surface area contributed by atoms with Gasteiger partial charge in [-0.3, -0.25) is 14.9 Å². The number of benzene rings is 2. The first kappa shape index (κ1) is 20.0. The summed E-state index contributed by atoms with van der Waals surface area (Å²) in [6.07, 6.45) is 2.71. The molecule has 9 heteroatoms. The number of anilines is 1. The number of amides is 1. The van der Waals surface area contributed by atoms with Crippen LogP contribution in [-0.2, 0) is 10.0 Å². The van der Waals surface area contributed by atoms with E-state index in [9.17, 15) is 23.3 Å². The Labute approximate surface area is 163 Å². The molecule has 2 aromatic rings. The number of nitrogens with zero attached hydrogens (tertiary/aromatic N) is 2. The van der Waals surface area contributed by atoms with Gasteiger partial charge >= 0.3 is 0 Å². The third kappa shape index (κ3) is 4.20. The lowest BCUT2D eigenvalue weighted by Crippen LogP contribution is -2.35. The number of sulfonamides is 1. The number of carbonyl (C=O) groups excluding carboxylic acids is 1. The maximum atomic E-state index is 12.8. The van der Waals surface area contributed by atoms with Gasteiger partial charge in [-0.25, -0.2) is 8.42 Å². The molecule has 8 nitrogen and oxygen atoms in total. The predicted octanol–water partition coefficient (Wildman–Crippen LogP) is 3.33. The summed E-state index contributed by atoms with van der Waals surface area (Å²) in [7, 11) is -3.60. The average molecular weight is 403 g/mol. The van der Waals surface area contributed by atoms with Gasteiger partial charge in [-0.1, -0.05) is 12.5 Å². The molecule has 0 unspecified atom stereocenters. The maximum absolute atomic E-state index is 12.8. The lowest BCUT2D eigenvalue weighted by molar-refractivity contribution is -0.385. The lowest BCUT2D eigenvalue weighted by Gasteiger charge is -2.26. The highest BCUT2D eigenvalue weighted by Crippen LogP contribution is 2.24. The van der Waals surface area contributed by atoms with Gasteiger partial charge in [0.15, 0.2) is 0 Å². The van der Waals surface area contributed by atoms with Crippen molar-refractivity contribution in [1.82, 2.24) is 4.31 Å². The zero-order chi connectivity index (χ0) is 20.3. The number of aryl methyl sites for hydroxylation is 1. The molecule has 1 aliphatic rings. The number of carbonyl (C=O) groups is 1. The molecule has 2 aromatic carbocycles. The van der Waals surface area contributed by atoms with Crippen molar-refractivity contribution >= 4 is 27.3 Å². The first-order valence-electron chi connectivity index (χ1n) is 8.95. The molecular formula is C19H21N3O5S. The van der Waals surface area contributed by atoms with E-state index >= 15 is 0 Å². The normalized spacial score (nSPS) is 15.2. The fourth-order valence-electron chi connectivity index (χ4n) is 3.19. The molecule has 1 heterocycles. The summed E-state index contributed by atoms with van der Waals surface area (Å²) >= 11 is 0. The second-order valence-electron chi connectivity index (χ2n) is 6.71. The Morgan fingerprint density at radius 2 is 1.82 bits per heavy atom. The van der Waals surface area contributed by atoms with E-state index in [0.29, 0.717) is 24.3 Å². The lowest BCUT2D eigenvalue weighted by atomic mass is 10.1. The average Bonchev–Trinajstić information content (AvgIpc) is 2.68. The summed E-state index contributed by atoms with van der Waals surface area (Å²) < 4.78 is 27.1. The van der Waals surface area contributed by atoms with Crippen LogP contribution in [0.1, 0.15) is 35.2 Å². The number of nitro groups is 1. The van der Waals surface area contributed by atoms with Crippen LogP contribution in [0.5, 0.6) is 0 Å². The molecule has 0 aromatic heterocycles. The molecule has 0 aliphatic carbocycles. The SMILES string of the molecule is Cc1cc(C(=O)Nc2cccc(S(=O)(=O)N3CCCCC3)c2)ccc1[N+](=O)[O-]. The highest BCUT2D eigenvalue weighted by atomic mass is 32.2. The third-order valence-corrected chi connectivity index (χ3v) is 6.60. The molecule has 0 bridgehead atoms. The largest absolute Gasteiger partial charge is 0.322 e. The Hall–Kier alpha value is -2.78. The number of nitrogens with one attached hydrogen (secondary N) is 1. The van der Waals surface area contributed by atoms with E-state index in [-0.39, 0.29) is 16.1 Å². The molecular weight excluding hydrogens is 382 g/mol. The van der Waals surface area contributed by atoms with Gasteiger partial charge in [0.2, 0.25) is 10.0 Å². The van der Waals surface area contributed by atoms with Gasteiger partial charge in [-0.15, -0.1) is 0 Å². The van der Waals surface area contributed by atoms with Gasteiger partial charge in [0.1, 0.15) is 0 Å². The van der Waals surface area contributed by atoms with Crippen LogP contribution in [0.25, 0.3) is 0 Å². The molecule has 148 valence electrons. The van der Waals surface area contributed by atoms with Crippen LogP contribution in [0.2, 0.25) is 0 Å². The molecule has 0 spiro atoms. The number of hydrogen-bond donors (Lipinski definition) is 1. The van der Waals surface area contributed by atoms with Crippen LogP contribution in [0.3, 0.4) is 0 Å². The first-order chi connectivity index (χ1) is 13.3. The Kier molecular flexibility index (Phi) is 5.76. The third-order valence-electron chi connectivity index (χ3n) is 4.70. The quantitative estimate of drug-likeness (QED) is 0.608. The standard InChI is InChI=1S/C19H21N3O5S/c1-14-12-15(8-9-18(14)22(24)25)19(23)20-16-6-5-7-17(13-16)28(26,27)21-10-3-2-4-11-21/h5-9,12-13H,2-4,10-11H2,1H3,(H,20,23). The second-order valence-corrected chi connectivity index (χ2v) is 8.64. The molecule has 3 rings (SSSR count). The van der Waals surface area contributed by atoms with Gasteiger partial charge < -0.3 is 5.32 Å². The Morgan fingerprint density at radius 3 is 2.46 bits per heavy atom. The van der Waals surface area contributed by atoms with Crippen molar-refractivity contribution < 1.29 is 18.1 Å². The zero-order valence-corrected chi connectivity index (χ0v) is 16.2. The smallest absolute Gasteiger partial charge is 0.272 e. The minimum Gasteiger partial charge on any atom is -0.322 e. The van der Waals surface area contributed by atoms with Gasteiger partial charge in [-0.05, 0) is 50.1 Å². The van der Waals surface area contributed by atoms with Crippen molar-refractivity contribution in [3.05, 3.63) is 63.7 Å². The molecule has 28 heavy (non-hydrogen) atoms. The van der Waals surface area contributed by atoms with Gasteiger partial charge in [0, 0.05) is 36.0 Å². The summed E-state index contributed by atoms with van der Waals surface area (Å²) in [5.41, 5.74) is 0.914. The topological polar surface area (TPSA) is 110 Å². The fraction of sp³-hybridized carbons (Fsp3) is 0.316. The van der Waals surface area contributed by atoms with Crippen molar-refractivity contribution in [2.75, 3.05) is 18.4 Å². The maximum Gasteiger partial charge on any atom is 0.272 e. The highest BCUT2D eigenvalue weighted by molar-refractivity contribution is 7.89. The highest BCUT2D eigenvalue weighted by Gasteiger charge is 2.26. The molecule has 0 atom stereocenters. The van der Waals surface area contributed by atoms with Gasteiger partial charge in [-0.2, -0.15) is 4.31 Å². The van der Waals surface area contributed by atoms with Crippen LogP contribution in [0.4, 0.5) is 11.4 Å². The summed E-state index contributed by atoms with van der Waals surface area (Å²) in [6.45, 7) is 2.56. The van der Waals surface area contributed by atoms with Crippen LogP contribution >= 0.6 is 0 Å². The molecule has 1 aliphatic heterocycles. The van der Waals surface area contributed by atoms with E-state index in [1.54, 1.807) is 19.1 Å². The minimum absolute atomic E-state index is 0.0637. The number of rotatable bonds is 5. The monoisotopic (exact) mass is 403 g/mol. The molecule has 1 fully saturated rings. The van der Waals surface area contributed by atoms with Gasteiger partial charge in [0.05, 0.1) is 9.82 Å². The summed E-state index contributed by atoms with van der Waals surface area (Å²) in [5, 5.41) is 13.6. The molecule has 1 N–H and O–H groups in total. The van der Waals surface area contributed by atoms with E-state index in [0.717, 1.165) is 19.3 Å². The van der Waals surface area contributed by atoms with Crippen LogP contribution in [0.15, 0.2) is 47.4 Å². The van der Waals surface area contributed by atoms with Crippen LogP contribution < -0.4 is 5.32 Å². The van der Waals surface area contributed by atoms with Crippen molar-refractivity contribution in [2.45, 2.75) is 31.1 Å². The molecule has 1 amide bonds. The second kappa shape index (κ2) is 8.07. The van der Waals surface area contributed by atoms with Crippen LogP contribution in [-0.4, -0.2) is 36.6 Å².